The Morgan fingerprint density at radius 2 is 1.54 bits per heavy atom. The number of hydrogen-bond donors (Lipinski definition) is 0. The Bertz CT molecular complexity index is 189. The highest BCUT2D eigenvalue weighted by molar-refractivity contribution is 4.84. The zero-order valence-electron chi connectivity index (χ0n) is 8.58. The molecule has 72 valence electrons. The summed E-state index contributed by atoms with van der Waals surface area (Å²) < 4.78 is 0. The Kier molecular flexibility index (Phi) is 7.02. The minimum atomic E-state index is 0.190. The molecule has 0 spiro atoms. The molecule has 1 aliphatic carbocycles. The minimum Gasteiger partial charge on any atom is -0.198 e. The molecule has 0 aromatic heterocycles. The Balaban J connectivity index is 0.000000252. The maximum absolute atomic E-state index is 8.44. The van der Waals surface area contributed by atoms with E-state index in [0.717, 1.165) is 12.8 Å². The molecule has 0 saturated heterocycles. The zero-order chi connectivity index (χ0) is 10.1. The maximum atomic E-state index is 8.44. The van der Waals surface area contributed by atoms with Crippen molar-refractivity contribution in [1.29, 1.82) is 10.5 Å². The predicted molar refractivity (Wildman–Crippen MR) is 52.6 cm³/mol. The molecule has 0 atom stereocenters. The molecule has 0 bridgehead atoms. The van der Waals surface area contributed by atoms with E-state index in [2.05, 4.69) is 6.07 Å². The van der Waals surface area contributed by atoms with Crippen LogP contribution < -0.4 is 0 Å². The van der Waals surface area contributed by atoms with Gasteiger partial charge in [0, 0.05) is 11.8 Å². The second-order valence-corrected chi connectivity index (χ2v) is 3.75. The van der Waals surface area contributed by atoms with Crippen molar-refractivity contribution in [3.05, 3.63) is 0 Å². The summed E-state index contributed by atoms with van der Waals surface area (Å²) in [6, 6.07) is 4.33. The largest absolute Gasteiger partial charge is 0.198 e. The zero-order valence-corrected chi connectivity index (χ0v) is 8.58. The van der Waals surface area contributed by atoms with Gasteiger partial charge in [0.2, 0.25) is 0 Å². The summed E-state index contributed by atoms with van der Waals surface area (Å²) in [5.41, 5.74) is 0. The lowest BCUT2D eigenvalue weighted by Crippen LogP contribution is -2.02. The molecular weight excluding hydrogens is 160 g/mol. The van der Waals surface area contributed by atoms with E-state index in [4.69, 9.17) is 10.5 Å². The van der Waals surface area contributed by atoms with Gasteiger partial charge in [-0.2, -0.15) is 10.5 Å². The average molecular weight is 178 g/mol. The molecule has 1 aliphatic rings. The van der Waals surface area contributed by atoms with Crippen LogP contribution in [-0.2, 0) is 0 Å². The standard InChI is InChI=1S/C7H11N.C4H7N/c8-6-7-4-2-1-3-5-7;1-4(2)3-5/h7H,1-5H2;4H,1-2H3. The first-order valence-electron chi connectivity index (χ1n) is 5.00. The molecule has 0 aromatic rings. The number of rotatable bonds is 0. The average Bonchev–Trinajstić information content (AvgIpc) is 2.20. The van der Waals surface area contributed by atoms with E-state index in [9.17, 15) is 0 Å². The summed E-state index contributed by atoms with van der Waals surface area (Å²) in [4.78, 5) is 0. The molecule has 2 heteroatoms. The third-order valence-corrected chi connectivity index (χ3v) is 2.05. The van der Waals surface area contributed by atoms with Crippen LogP contribution in [-0.4, -0.2) is 0 Å². The molecule has 1 rings (SSSR count). The summed E-state index contributed by atoms with van der Waals surface area (Å²) in [7, 11) is 0. The van der Waals surface area contributed by atoms with E-state index in [0.29, 0.717) is 5.92 Å². The maximum Gasteiger partial charge on any atom is 0.0655 e. The quantitative estimate of drug-likeness (QED) is 0.571. The summed E-state index contributed by atoms with van der Waals surface area (Å²) in [6.45, 7) is 3.72. The SMILES string of the molecule is CC(C)C#N.N#CC1CCCCC1. The first-order chi connectivity index (χ1) is 6.20. The van der Waals surface area contributed by atoms with Crippen molar-refractivity contribution >= 4 is 0 Å². The fourth-order valence-electron chi connectivity index (χ4n) is 1.23. The molecule has 2 nitrogen and oxygen atoms in total. The first-order valence-corrected chi connectivity index (χ1v) is 5.00. The summed E-state index contributed by atoms with van der Waals surface area (Å²) in [6.07, 6.45) is 6.20. The first kappa shape index (κ1) is 12.0. The van der Waals surface area contributed by atoms with Crippen LogP contribution in [0, 0.1) is 34.5 Å². The molecule has 0 aliphatic heterocycles. The van der Waals surface area contributed by atoms with E-state index in [1.165, 1.54) is 19.3 Å². The van der Waals surface area contributed by atoms with Crippen LogP contribution in [0.2, 0.25) is 0 Å². The van der Waals surface area contributed by atoms with Crippen LogP contribution in [0.25, 0.3) is 0 Å². The van der Waals surface area contributed by atoms with Crippen molar-refractivity contribution in [1.82, 2.24) is 0 Å². The van der Waals surface area contributed by atoms with Gasteiger partial charge in [0.05, 0.1) is 12.1 Å². The van der Waals surface area contributed by atoms with Gasteiger partial charge in [-0.1, -0.05) is 19.3 Å². The van der Waals surface area contributed by atoms with E-state index in [-0.39, 0.29) is 5.92 Å². The van der Waals surface area contributed by atoms with Crippen molar-refractivity contribution in [2.75, 3.05) is 0 Å². The van der Waals surface area contributed by atoms with Gasteiger partial charge in [0.1, 0.15) is 0 Å². The van der Waals surface area contributed by atoms with Crippen LogP contribution in [0.15, 0.2) is 0 Å². The molecular formula is C11H18N2. The molecule has 1 fully saturated rings. The molecule has 0 N–H and O–H groups in total. The number of nitriles is 2. The topological polar surface area (TPSA) is 47.6 Å². The lowest BCUT2D eigenvalue weighted by Gasteiger charge is -2.13. The normalized spacial score (nSPS) is 16.7. The number of nitrogens with zero attached hydrogens (tertiary/aromatic N) is 2. The van der Waals surface area contributed by atoms with Gasteiger partial charge in [-0.15, -0.1) is 0 Å². The molecule has 0 heterocycles. The third-order valence-electron chi connectivity index (χ3n) is 2.05. The van der Waals surface area contributed by atoms with Gasteiger partial charge in [-0.05, 0) is 26.7 Å². The monoisotopic (exact) mass is 178 g/mol. The second-order valence-electron chi connectivity index (χ2n) is 3.75. The molecule has 0 radical (unpaired) electrons. The minimum absolute atomic E-state index is 0.190. The molecule has 0 aromatic carbocycles. The van der Waals surface area contributed by atoms with Gasteiger partial charge in [-0.25, -0.2) is 0 Å². The summed E-state index contributed by atoms with van der Waals surface area (Å²) in [5.74, 6) is 0.582. The van der Waals surface area contributed by atoms with Crippen LogP contribution in [0.4, 0.5) is 0 Å². The second kappa shape index (κ2) is 7.62. The molecule has 1 saturated carbocycles. The van der Waals surface area contributed by atoms with Crippen LogP contribution >= 0.6 is 0 Å². The van der Waals surface area contributed by atoms with Crippen molar-refractivity contribution in [2.24, 2.45) is 11.8 Å². The predicted octanol–water partition coefficient (Wildman–Crippen LogP) is 3.26. The lowest BCUT2D eigenvalue weighted by atomic mass is 9.91. The van der Waals surface area contributed by atoms with E-state index in [1.807, 2.05) is 19.9 Å². The van der Waals surface area contributed by atoms with Crippen LogP contribution in [0.3, 0.4) is 0 Å². The Labute approximate surface area is 81.2 Å². The molecule has 0 amide bonds. The summed E-state index contributed by atoms with van der Waals surface area (Å²) in [5, 5.41) is 16.3. The summed E-state index contributed by atoms with van der Waals surface area (Å²) >= 11 is 0. The van der Waals surface area contributed by atoms with Gasteiger partial charge in [0.15, 0.2) is 0 Å². The van der Waals surface area contributed by atoms with Gasteiger partial charge >= 0.3 is 0 Å². The third kappa shape index (κ3) is 7.34. The van der Waals surface area contributed by atoms with E-state index >= 15 is 0 Å². The van der Waals surface area contributed by atoms with Gasteiger partial charge < -0.3 is 0 Å². The Morgan fingerprint density at radius 1 is 1.08 bits per heavy atom. The molecule has 13 heavy (non-hydrogen) atoms. The Hall–Kier alpha value is -1.02. The van der Waals surface area contributed by atoms with Crippen molar-refractivity contribution in [3.8, 4) is 12.1 Å². The smallest absolute Gasteiger partial charge is 0.0655 e. The highest BCUT2D eigenvalue weighted by Crippen LogP contribution is 2.22. The van der Waals surface area contributed by atoms with Crippen LogP contribution in [0.1, 0.15) is 46.0 Å². The van der Waals surface area contributed by atoms with Crippen LogP contribution in [0.5, 0.6) is 0 Å². The van der Waals surface area contributed by atoms with E-state index < -0.39 is 0 Å². The fraction of sp³-hybridized carbons (Fsp3) is 0.818. The van der Waals surface area contributed by atoms with Crippen molar-refractivity contribution in [2.45, 2.75) is 46.0 Å². The van der Waals surface area contributed by atoms with Gasteiger partial charge in [-0.3, -0.25) is 0 Å². The molecule has 0 unspecified atom stereocenters. The highest BCUT2D eigenvalue weighted by Gasteiger charge is 2.10. The fourth-order valence-corrected chi connectivity index (χ4v) is 1.23. The Morgan fingerprint density at radius 3 is 1.77 bits per heavy atom. The highest BCUT2D eigenvalue weighted by atomic mass is 14.3. The van der Waals surface area contributed by atoms with Crippen molar-refractivity contribution in [3.63, 3.8) is 0 Å². The van der Waals surface area contributed by atoms with Crippen molar-refractivity contribution < 1.29 is 0 Å². The number of hydrogen-bond acceptors (Lipinski definition) is 2. The lowest BCUT2D eigenvalue weighted by molar-refractivity contribution is 0.427. The van der Waals surface area contributed by atoms with E-state index in [1.54, 1.807) is 0 Å². The van der Waals surface area contributed by atoms with Gasteiger partial charge in [0.25, 0.3) is 0 Å².